The van der Waals surface area contributed by atoms with Gasteiger partial charge in [-0.05, 0) is 72.1 Å². The van der Waals surface area contributed by atoms with Crippen LogP contribution in [-0.4, -0.2) is 38.1 Å². The monoisotopic (exact) mass is 447 g/mol. The number of ether oxygens (including phenoxy) is 1. The molecule has 3 aromatic rings. The van der Waals surface area contributed by atoms with Crippen LogP contribution in [-0.2, 0) is 4.74 Å². The van der Waals surface area contributed by atoms with Crippen LogP contribution in [0, 0.1) is 0 Å². The summed E-state index contributed by atoms with van der Waals surface area (Å²) in [6.45, 7) is 4.95. The first-order valence-corrected chi connectivity index (χ1v) is 9.01. The van der Waals surface area contributed by atoms with Crippen LogP contribution in [0.3, 0.4) is 0 Å². The maximum Gasteiger partial charge on any atom is 0.425 e. The van der Waals surface area contributed by atoms with Gasteiger partial charge in [-0.25, -0.2) is 14.6 Å². The van der Waals surface area contributed by atoms with Crippen LogP contribution in [0.5, 0.6) is 0 Å². The number of imide groups is 1. The van der Waals surface area contributed by atoms with E-state index in [1.165, 1.54) is 0 Å². The number of nitrogens with zero attached hydrogens (tertiary/aromatic N) is 3. The van der Waals surface area contributed by atoms with Gasteiger partial charge in [-0.2, -0.15) is 10.00 Å². The fourth-order valence-electron chi connectivity index (χ4n) is 2.59. The predicted octanol–water partition coefficient (Wildman–Crippen LogP) is 4.39. The van der Waals surface area contributed by atoms with Crippen molar-refractivity contribution in [2.24, 2.45) is 0 Å². The molecule has 0 aliphatic carbocycles. The third-order valence-corrected chi connectivity index (χ3v) is 4.32. The van der Waals surface area contributed by atoms with Gasteiger partial charge < -0.3 is 15.6 Å². The van der Waals surface area contributed by atoms with E-state index in [9.17, 15) is 14.7 Å². The SMILES string of the molecule is CC(C)(C)OC(=O)N(C(=O)O)c1n[nH]c2c(Br)cc(-c3ccnc(N)c3)cc12. The summed E-state index contributed by atoms with van der Waals surface area (Å²) in [5, 5.41) is 16.8. The molecule has 0 saturated heterocycles. The zero-order valence-electron chi connectivity index (χ0n) is 15.4. The Hall–Kier alpha value is -3.14. The molecule has 0 fully saturated rings. The molecule has 2 heterocycles. The van der Waals surface area contributed by atoms with E-state index in [4.69, 9.17) is 10.5 Å². The zero-order valence-corrected chi connectivity index (χ0v) is 16.9. The van der Waals surface area contributed by atoms with Gasteiger partial charge >= 0.3 is 12.2 Å². The number of rotatable bonds is 2. The predicted molar refractivity (Wildman–Crippen MR) is 108 cm³/mol. The number of benzene rings is 1. The molecule has 0 bridgehead atoms. The lowest BCUT2D eigenvalue weighted by atomic mass is 10.0. The summed E-state index contributed by atoms with van der Waals surface area (Å²) in [6.07, 6.45) is -0.969. The fourth-order valence-corrected chi connectivity index (χ4v) is 3.14. The molecule has 9 nitrogen and oxygen atoms in total. The van der Waals surface area contributed by atoms with Gasteiger partial charge in [-0.15, -0.1) is 0 Å². The van der Waals surface area contributed by atoms with Gasteiger partial charge in [0.25, 0.3) is 0 Å². The second-order valence-corrected chi connectivity index (χ2v) is 7.85. The van der Waals surface area contributed by atoms with Gasteiger partial charge in [0.15, 0.2) is 5.82 Å². The molecule has 10 heteroatoms. The Balaban J connectivity index is 2.15. The molecule has 2 aromatic heterocycles. The number of carboxylic acid groups (broad SMARTS) is 1. The number of aromatic amines is 1. The third-order valence-electron chi connectivity index (χ3n) is 3.70. The summed E-state index contributed by atoms with van der Waals surface area (Å²) in [6, 6.07) is 7.01. The molecular weight excluding hydrogens is 430 g/mol. The first-order chi connectivity index (χ1) is 13.1. The lowest BCUT2D eigenvalue weighted by molar-refractivity contribution is 0.0581. The number of nitrogen functional groups attached to an aromatic ring is 1. The molecule has 4 N–H and O–H groups in total. The van der Waals surface area contributed by atoms with E-state index in [-0.39, 0.29) is 5.82 Å². The summed E-state index contributed by atoms with van der Waals surface area (Å²) in [5.41, 5.74) is 6.95. The van der Waals surface area contributed by atoms with Crippen molar-refractivity contribution in [1.82, 2.24) is 15.2 Å². The highest BCUT2D eigenvalue weighted by Crippen LogP contribution is 2.35. The Bertz CT molecular complexity index is 1070. The van der Waals surface area contributed by atoms with Crippen molar-refractivity contribution in [3.8, 4) is 11.1 Å². The van der Waals surface area contributed by atoms with Crippen molar-refractivity contribution in [3.05, 3.63) is 34.9 Å². The normalized spacial score (nSPS) is 11.4. The van der Waals surface area contributed by atoms with Crippen molar-refractivity contribution in [2.45, 2.75) is 26.4 Å². The molecule has 0 atom stereocenters. The van der Waals surface area contributed by atoms with Crippen molar-refractivity contribution >= 4 is 50.7 Å². The smallest absolute Gasteiger partial charge is 0.425 e. The largest absolute Gasteiger partial charge is 0.464 e. The topological polar surface area (TPSA) is 134 Å². The van der Waals surface area contributed by atoms with Crippen molar-refractivity contribution in [2.75, 3.05) is 10.6 Å². The second kappa shape index (κ2) is 7.12. The molecule has 146 valence electrons. The van der Waals surface area contributed by atoms with E-state index in [2.05, 4.69) is 31.1 Å². The number of halogens is 1. The van der Waals surface area contributed by atoms with Crippen LogP contribution >= 0.6 is 15.9 Å². The van der Waals surface area contributed by atoms with Crippen LogP contribution in [0.4, 0.5) is 21.2 Å². The van der Waals surface area contributed by atoms with E-state index in [1.807, 2.05) is 6.07 Å². The number of nitrogens with one attached hydrogen (secondary N) is 1. The number of hydrogen-bond donors (Lipinski definition) is 3. The average Bonchev–Trinajstić information content (AvgIpc) is 2.97. The number of amides is 2. The van der Waals surface area contributed by atoms with Crippen molar-refractivity contribution in [3.63, 3.8) is 0 Å². The van der Waals surface area contributed by atoms with Gasteiger partial charge in [0.05, 0.1) is 5.52 Å². The molecule has 3 rings (SSSR count). The fraction of sp³-hybridized carbons (Fsp3) is 0.222. The molecule has 0 spiro atoms. The lowest BCUT2D eigenvalue weighted by Crippen LogP contribution is -2.40. The summed E-state index contributed by atoms with van der Waals surface area (Å²) in [7, 11) is 0. The Labute approximate surface area is 168 Å². The van der Waals surface area contributed by atoms with Crippen molar-refractivity contribution in [1.29, 1.82) is 0 Å². The molecule has 0 aliphatic rings. The van der Waals surface area contributed by atoms with Crippen molar-refractivity contribution < 1.29 is 19.4 Å². The third kappa shape index (κ3) is 3.91. The lowest BCUT2D eigenvalue weighted by Gasteiger charge is -2.23. The molecule has 0 unspecified atom stereocenters. The highest BCUT2D eigenvalue weighted by molar-refractivity contribution is 9.10. The minimum absolute atomic E-state index is 0.0821. The highest BCUT2D eigenvalue weighted by Gasteiger charge is 2.32. The van der Waals surface area contributed by atoms with Gasteiger partial charge in [-0.1, -0.05) is 0 Å². The quantitative estimate of drug-likeness (QED) is 0.529. The Morgan fingerprint density at radius 1 is 1.25 bits per heavy atom. The molecule has 28 heavy (non-hydrogen) atoms. The molecule has 0 aliphatic heterocycles. The summed E-state index contributed by atoms with van der Waals surface area (Å²) < 4.78 is 5.85. The van der Waals surface area contributed by atoms with Crippen LogP contribution < -0.4 is 10.6 Å². The van der Waals surface area contributed by atoms with Crippen LogP contribution in [0.15, 0.2) is 34.9 Å². The Kier molecular flexibility index (Phi) is 4.99. The molecular formula is C18H18BrN5O4. The first kappa shape index (κ1) is 19.6. The second-order valence-electron chi connectivity index (χ2n) is 7.00. The average molecular weight is 448 g/mol. The minimum atomic E-state index is -1.50. The van der Waals surface area contributed by atoms with E-state index in [0.29, 0.717) is 26.1 Å². The number of hydrogen-bond acceptors (Lipinski definition) is 6. The summed E-state index contributed by atoms with van der Waals surface area (Å²) in [5.74, 6) is 0.267. The number of aromatic nitrogens is 3. The number of anilines is 2. The summed E-state index contributed by atoms with van der Waals surface area (Å²) >= 11 is 3.45. The van der Waals surface area contributed by atoms with E-state index < -0.39 is 17.8 Å². The van der Waals surface area contributed by atoms with Crippen LogP contribution in [0.1, 0.15) is 20.8 Å². The van der Waals surface area contributed by atoms with E-state index >= 15 is 0 Å². The van der Waals surface area contributed by atoms with Gasteiger partial charge in [0.1, 0.15) is 11.4 Å². The molecule has 1 aromatic carbocycles. The van der Waals surface area contributed by atoms with Gasteiger partial charge in [0.2, 0.25) is 0 Å². The zero-order chi connectivity index (χ0) is 20.6. The number of carbonyl (C=O) groups excluding carboxylic acids is 1. The minimum Gasteiger partial charge on any atom is -0.464 e. The van der Waals surface area contributed by atoms with E-state index in [0.717, 1.165) is 11.1 Å². The number of carbonyl (C=O) groups is 2. The van der Waals surface area contributed by atoms with Gasteiger partial charge in [-0.3, -0.25) is 5.10 Å². The Morgan fingerprint density at radius 3 is 2.57 bits per heavy atom. The first-order valence-electron chi connectivity index (χ1n) is 8.22. The molecule has 0 radical (unpaired) electrons. The number of pyridine rings is 1. The number of nitrogens with two attached hydrogens (primary N) is 1. The summed E-state index contributed by atoms with van der Waals surface area (Å²) in [4.78, 5) is 28.7. The molecule has 2 amide bonds. The highest BCUT2D eigenvalue weighted by atomic mass is 79.9. The maximum atomic E-state index is 12.5. The number of fused-ring (bicyclic) bond motifs is 1. The van der Waals surface area contributed by atoms with E-state index in [1.54, 1.807) is 45.2 Å². The molecule has 0 saturated carbocycles. The Morgan fingerprint density at radius 2 is 1.96 bits per heavy atom. The van der Waals surface area contributed by atoms with Gasteiger partial charge in [0, 0.05) is 16.1 Å². The van der Waals surface area contributed by atoms with Crippen LogP contribution in [0.25, 0.3) is 22.0 Å². The number of H-pyrrole nitrogens is 1. The van der Waals surface area contributed by atoms with Crippen LogP contribution in [0.2, 0.25) is 0 Å². The standard InChI is InChI=1S/C18H18BrN5O4/c1-18(2,3)28-17(27)24(16(25)26)15-11-6-10(7-12(19)14(11)22-23-15)9-4-5-21-13(20)8-9/h4-8H,1-3H3,(H2,20,21)(H,22,23)(H,25,26). The maximum absolute atomic E-state index is 12.5.